The minimum absolute atomic E-state index is 1.69. The highest BCUT2D eigenvalue weighted by molar-refractivity contribution is 5.20. The van der Waals surface area contributed by atoms with Crippen LogP contribution in [0.1, 0.15) is 0 Å². The Balaban J connectivity index is 0.000000145. The summed E-state index contributed by atoms with van der Waals surface area (Å²) < 4.78 is 0. The predicted octanol–water partition coefficient (Wildman–Crippen LogP) is 0.486. The topological polar surface area (TPSA) is 61.3 Å². The van der Waals surface area contributed by atoms with Crippen LogP contribution in [0.15, 0.2) is 23.6 Å². The van der Waals surface area contributed by atoms with Gasteiger partial charge in [0.1, 0.15) is 0 Å². The normalized spacial score (nSPS) is 6.50. The third-order valence-corrected chi connectivity index (χ3v) is 0.406. The highest BCUT2D eigenvalue weighted by atomic mass is 16.4. The molecule has 0 bridgehead atoms. The number of aromatic amines is 1. The molecule has 0 spiro atoms. The second-order valence-corrected chi connectivity index (χ2v) is 0.908. The van der Waals surface area contributed by atoms with Gasteiger partial charge in [0, 0.05) is 19.1 Å². The van der Waals surface area contributed by atoms with Crippen molar-refractivity contribution < 1.29 is 5.21 Å². The van der Waals surface area contributed by atoms with Gasteiger partial charge in [-0.2, -0.15) is 5.10 Å². The zero-order valence-electron chi connectivity index (χ0n) is 4.28. The molecule has 0 aliphatic carbocycles. The smallest absolute Gasteiger partial charge is 0.0487 e. The van der Waals surface area contributed by atoms with E-state index in [9.17, 15) is 0 Å². The zero-order valence-corrected chi connectivity index (χ0v) is 4.28. The Bertz CT molecular complexity index is 97.6. The SMILES string of the molecule is C=NO.c1cn[nH]c1. The predicted molar refractivity (Wildman–Crippen MR) is 29.9 cm³/mol. The summed E-state index contributed by atoms with van der Waals surface area (Å²) in [7, 11) is 0. The first-order valence-electron chi connectivity index (χ1n) is 1.95. The molecule has 4 heteroatoms. The van der Waals surface area contributed by atoms with Crippen molar-refractivity contribution in [2.24, 2.45) is 5.16 Å². The Labute approximate surface area is 46.8 Å². The van der Waals surface area contributed by atoms with Gasteiger partial charge in [0.2, 0.25) is 0 Å². The first-order chi connectivity index (χ1) is 3.91. The second-order valence-electron chi connectivity index (χ2n) is 0.908. The molecule has 8 heavy (non-hydrogen) atoms. The van der Waals surface area contributed by atoms with E-state index in [1.807, 2.05) is 6.07 Å². The van der Waals surface area contributed by atoms with Gasteiger partial charge >= 0.3 is 0 Å². The summed E-state index contributed by atoms with van der Waals surface area (Å²) in [4.78, 5) is 0. The van der Waals surface area contributed by atoms with E-state index in [1.165, 1.54) is 0 Å². The van der Waals surface area contributed by atoms with Crippen molar-refractivity contribution in [3.63, 3.8) is 0 Å². The maximum atomic E-state index is 7.08. The average molecular weight is 113 g/mol. The number of nitrogens with one attached hydrogen (secondary N) is 1. The minimum atomic E-state index is 1.69. The molecule has 1 heterocycles. The first-order valence-corrected chi connectivity index (χ1v) is 1.95. The number of aromatic nitrogens is 2. The van der Waals surface area contributed by atoms with Gasteiger partial charge in [0.25, 0.3) is 0 Å². The van der Waals surface area contributed by atoms with E-state index in [0.717, 1.165) is 0 Å². The lowest BCUT2D eigenvalue weighted by Gasteiger charge is -1.49. The molecular formula is C4H7N3O. The van der Waals surface area contributed by atoms with Gasteiger partial charge in [-0.15, -0.1) is 5.16 Å². The van der Waals surface area contributed by atoms with Crippen LogP contribution in [-0.2, 0) is 0 Å². The van der Waals surface area contributed by atoms with Crippen molar-refractivity contribution in [3.05, 3.63) is 18.5 Å². The van der Waals surface area contributed by atoms with Crippen LogP contribution in [-0.4, -0.2) is 22.1 Å². The molecule has 1 aromatic rings. The zero-order chi connectivity index (χ0) is 6.24. The van der Waals surface area contributed by atoms with E-state index in [2.05, 4.69) is 22.1 Å². The average Bonchev–Trinajstić information content (AvgIpc) is 2.17. The molecule has 1 rings (SSSR count). The Hall–Kier alpha value is -1.32. The van der Waals surface area contributed by atoms with Gasteiger partial charge < -0.3 is 5.21 Å². The van der Waals surface area contributed by atoms with E-state index in [-0.39, 0.29) is 0 Å². The Morgan fingerprint density at radius 2 is 2.38 bits per heavy atom. The molecule has 0 radical (unpaired) electrons. The fraction of sp³-hybridized carbons (Fsp3) is 0. The lowest BCUT2D eigenvalue weighted by atomic mass is 10.8. The van der Waals surface area contributed by atoms with Crippen molar-refractivity contribution >= 4 is 6.72 Å². The van der Waals surface area contributed by atoms with Crippen molar-refractivity contribution in [3.8, 4) is 0 Å². The monoisotopic (exact) mass is 113 g/mol. The molecular weight excluding hydrogens is 106 g/mol. The van der Waals surface area contributed by atoms with Crippen LogP contribution in [0.2, 0.25) is 0 Å². The van der Waals surface area contributed by atoms with Crippen LogP contribution in [0.3, 0.4) is 0 Å². The van der Waals surface area contributed by atoms with Crippen LogP contribution in [0.4, 0.5) is 0 Å². The maximum Gasteiger partial charge on any atom is 0.0487 e. The van der Waals surface area contributed by atoms with Gasteiger partial charge in [0.15, 0.2) is 0 Å². The van der Waals surface area contributed by atoms with Crippen LogP contribution < -0.4 is 0 Å². The van der Waals surface area contributed by atoms with Gasteiger partial charge in [0.05, 0.1) is 0 Å². The fourth-order valence-corrected chi connectivity index (χ4v) is 0.215. The van der Waals surface area contributed by atoms with Gasteiger partial charge in [-0.3, -0.25) is 5.10 Å². The fourth-order valence-electron chi connectivity index (χ4n) is 0.215. The van der Waals surface area contributed by atoms with Gasteiger partial charge in [-0.25, -0.2) is 0 Å². The molecule has 2 N–H and O–H groups in total. The molecule has 4 nitrogen and oxygen atoms in total. The molecule has 44 valence electrons. The first kappa shape index (κ1) is 6.68. The van der Waals surface area contributed by atoms with E-state index >= 15 is 0 Å². The molecule has 0 unspecified atom stereocenters. The Morgan fingerprint density at radius 1 is 1.75 bits per heavy atom. The number of hydrogen-bond donors (Lipinski definition) is 2. The van der Waals surface area contributed by atoms with Crippen LogP contribution in [0.5, 0.6) is 0 Å². The molecule has 0 fully saturated rings. The van der Waals surface area contributed by atoms with Crippen LogP contribution in [0.25, 0.3) is 0 Å². The van der Waals surface area contributed by atoms with Crippen molar-refractivity contribution in [2.75, 3.05) is 0 Å². The summed E-state index contributed by atoms with van der Waals surface area (Å²) in [6.07, 6.45) is 3.46. The number of nitrogens with zero attached hydrogens (tertiary/aromatic N) is 2. The molecule has 0 aliphatic rings. The highest BCUT2D eigenvalue weighted by Gasteiger charge is 1.56. The lowest BCUT2D eigenvalue weighted by molar-refractivity contribution is 0.323. The maximum absolute atomic E-state index is 7.08. The van der Waals surface area contributed by atoms with E-state index in [1.54, 1.807) is 12.4 Å². The number of rotatable bonds is 0. The number of oxime groups is 1. The molecule has 0 aromatic carbocycles. The molecule has 1 aromatic heterocycles. The van der Waals surface area contributed by atoms with Gasteiger partial charge in [-0.05, 0) is 6.07 Å². The quantitative estimate of drug-likeness (QED) is 0.292. The lowest BCUT2D eigenvalue weighted by Crippen LogP contribution is -1.53. The standard InChI is InChI=1S/C3H4N2.CH3NO/c1-2-4-5-3-1;1-2-3/h1-3H,(H,4,5);3H,1H2. The summed E-state index contributed by atoms with van der Waals surface area (Å²) in [5.41, 5.74) is 0. The molecule has 0 saturated heterocycles. The molecule has 0 saturated carbocycles. The van der Waals surface area contributed by atoms with Gasteiger partial charge in [-0.1, -0.05) is 0 Å². The summed E-state index contributed by atoms with van der Waals surface area (Å²) in [6.45, 7) is 2.67. The van der Waals surface area contributed by atoms with E-state index < -0.39 is 0 Å². The minimum Gasteiger partial charge on any atom is -0.411 e. The van der Waals surface area contributed by atoms with Crippen molar-refractivity contribution in [1.29, 1.82) is 0 Å². The van der Waals surface area contributed by atoms with Crippen LogP contribution in [0, 0.1) is 0 Å². The Morgan fingerprint density at radius 3 is 2.50 bits per heavy atom. The summed E-state index contributed by atoms with van der Waals surface area (Å²) >= 11 is 0. The highest BCUT2D eigenvalue weighted by Crippen LogP contribution is 1.64. The van der Waals surface area contributed by atoms with E-state index in [4.69, 9.17) is 5.21 Å². The molecule has 0 aliphatic heterocycles. The van der Waals surface area contributed by atoms with E-state index in [0.29, 0.717) is 0 Å². The summed E-state index contributed by atoms with van der Waals surface area (Å²) in [5.74, 6) is 0. The second kappa shape index (κ2) is 5.68. The van der Waals surface area contributed by atoms with Crippen molar-refractivity contribution in [2.45, 2.75) is 0 Å². The van der Waals surface area contributed by atoms with Crippen molar-refractivity contribution in [1.82, 2.24) is 10.2 Å². The third-order valence-electron chi connectivity index (χ3n) is 0.406. The molecule has 0 atom stereocenters. The largest absolute Gasteiger partial charge is 0.411 e. The summed E-state index contributed by atoms with van der Waals surface area (Å²) in [5, 5.41) is 15.5. The third kappa shape index (κ3) is 4.68. The summed E-state index contributed by atoms with van der Waals surface area (Å²) in [6, 6.07) is 1.83. The number of H-pyrrole nitrogens is 1. The molecule has 0 amide bonds. The van der Waals surface area contributed by atoms with Crippen LogP contribution >= 0.6 is 0 Å². The number of hydrogen-bond acceptors (Lipinski definition) is 3. The Kier molecular flexibility index (Phi) is 4.74.